The van der Waals surface area contributed by atoms with Crippen molar-refractivity contribution in [3.05, 3.63) is 52.9 Å². The van der Waals surface area contributed by atoms with Gasteiger partial charge in [-0.25, -0.2) is 18.8 Å². The summed E-state index contributed by atoms with van der Waals surface area (Å²) in [6, 6.07) is 2.57. The summed E-state index contributed by atoms with van der Waals surface area (Å²) in [5.74, 6) is -2.47. The van der Waals surface area contributed by atoms with Gasteiger partial charge in [0.1, 0.15) is 11.4 Å². The molecule has 1 saturated carbocycles. The number of carbonyl (C=O) groups is 1. The van der Waals surface area contributed by atoms with Gasteiger partial charge in [-0.3, -0.25) is 4.79 Å². The zero-order valence-corrected chi connectivity index (χ0v) is 18.9. The molecule has 4 rings (SSSR count). The summed E-state index contributed by atoms with van der Waals surface area (Å²) >= 11 is 0. The second-order valence-corrected chi connectivity index (χ2v) is 8.94. The molecule has 12 heteroatoms. The van der Waals surface area contributed by atoms with E-state index in [1.807, 2.05) is 0 Å². The third-order valence-corrected chi connectivity index (χ3v) is 5.89. The molecule has 1 fully saturated rings. The minimum absolute atomic E-state index is 0.0201. The van der Waals surface area contributed by atoms with Crippen LogP contribution in [0.15, 0.2) is 29.4 Å². The highest BCUT2D eigenvalue weighted by molar-refractivity contribution is 6.03. The number of anilines is 1. The van der Waals surface area contributed by atoms with Gasteiger partial charge in [0.2, 0.25) is 0 Å². The standard InChI is InChI=1S/C23H23F5N4O3/c1-11-5-14(34-10-12-3-4-12)9-30-19(11)20(33)31-13-6-15(18(25)16(24)7-13)22(2)8-17(23(26,27)28)35-21(29)32-22/h5-7,9,12,17H,3-4,8,10H2,1-2H3,(H2,29,32)(H,31,33)/t17-,22+/m0/s1. The van der Waals surface area contributed by atoms with Crippen LogP contribution < -0.4 is 15.8 Å². The third-order valence-electron chi connectivity index (χ3n) is 5.89. The van der Waals surface area contributed by atoms with E-state index in [1.165, 1.54) is 13.1 Å². The van der Waals surface area contributed by atoms with E-state index in [1.54, 1.807) is 13.0 Å². The first kappa shape index (κ1) is 24.7. The predicted octanol–water partition coefficient (Wildman–Crippen LogP) is 4.59. The largest absolute Gasteiger partial charge is 0.492 e. The van der Waals surface area contributed by atoms with Crippen molar-refractivity contribution in [2.45, 2.75) is 50.9 Å². The molecule has 1 amide bonds. The van der Waals surface area contributed by atoms with Crippen LogP contribution >= 0.6 is 0 Å². The Hall–Kier alpha value is -3.44. The van der Waals surface area contributed by atoms with Gasteiger partial charge in [0, 0.05) is 23.7 Å². The Balaban J connectivity index is 1.58. The van der Waals surface area contributed by atoms with Gasteiger partial charge in [0.25, 0.3) is 11.9 Å². The molecule has 1 aromatic carbocycles. The van der Waals surface area contributed by atoms with Crippen molar-refractivity contribution in [2.24, 2.45) is 16.6 Å². The lowest BCUT2D eigenvalue weighted by Gasteiger charge is -2.36. The summed E-state index contributed by atoms with van der Waals surface area (Å²) < 4.78 is 79.2. The summed E-state index contributed by atoms with van der Waals surface area (Å²) in [5.41, 5.74) is 3.32. The first-order valence-electron chi connectivity index (χ1n) is 10.8. The Morgan fingerprint density at radius 3 is 2.63 bits per heavy atom. The number of alkyl halides is 3. The zero-order chi connectivity index (χ0) is 25.5. The number of aliphatic imine (C=N–C) groups is 1. The van der Waals surface area contributed by atoms with Gasteiger partial charge in [0.15, 0.2) is 17.7 Å². The van der Waals surface area contributed by atoms with E-state index in [4.69, 9.17) is 10.5 Å². The minimum Gasteiger partial charge on any atom is -0.492 e. The summed E-state index contributed by atoms with van der Waals surface area (Å²) in [6.45, 7) is 3.38. The molecule has 1 aliphatic carbocycles. The molecule has 0 unspecified atom stereocenters. The van der Waals surface area contributed by atoms with E-state index >= 15 is 0 Å². The van der Waals surface area contributed by atoms with Crippen LogP contribution in [0.2, 0.25) is 0 Å². The molecule has 1 aromatic heterocycles. The number of benzene rings is 1. The van der Waals surface area contributed by atoms with Gasteiger partial charge in [-0.2, -0.15) is 13.2 Å². The highest BCUT2D eigenvalue weighted by Crippen LogP contribution is 2.42. The SMILES string of the molecule is Cc1cc(OCC2CC2)cnc1C(=O)Nc1cc(F)c(F)c([C@@]2(C)C[C@@H](C(F)(F)F)OC(N)=N2)c1. The maximum atomic E-state index is 14.7. The normalized spacial score (nSPS) is 22.3. The molecule has 0 radical (unpaired) electrons. The summed E-state index contributed by atoms with van der Waals surface area (Å²) in [5, 5.41) is 2.41. The van der Waals surface area contributed by atoms with Crippen molar-refractivity contribution in [3.63, 3.8) is 0 Å². The van der Waals surface area contributed by atoms with Crippen molar-refractivity contribution in [1.82, 2.24) is 4.98 Å². The van der Waals surface area contributed by atoms with Crippen molar-refractivity contribution in [1.29, 1.82) is 0 Å². The van der Waals surface area contributed by atoms with Crippen molar-refractivity contribution >= 4 is 17.6 Å². The second-order valence-electron chi connectivity index (χ2n) is 8.94. The molecule has 188 valence electrons. The molecule has 35 heavy (non-hydrogen) atoms. The minimum atomic E-state index is -4.81. The molecule has 7 nitrogen and oxygen atoms in total. The quantitative estimate of drug-likeness (QED) is 0.568. The van der Waals surface area contributed by atoms with Crippen LogP contribution in [0.25, 0.3) is 0 Å². The first-order chi connectivity index (χ1) is 16.4. The van der Waals surface area contributed by atoms with E-state index in [9.17, 15) is 26.7 Å². The van der Waals surface area contributed by atoms with Crippen molar-refractivity contribution in [3.8, 4) is 5.75 Å². The van der Waals surface area contributed by atoms with Crippen molar-refractivity contribution < 1.29 is 36.2 Å². The number of amides is 1. The molecule has 2 atom stereocenters. The lowest BCUT2D eigenvalue weighted by Crippen LogP contribution is -2.46. The zero-order valence-electron chi connectivity index (χ0n) is 18.9. The number of nitrogens with one attached hydrogen (secondary N) is 1. The monoisotopic (exact) mass is 498 g/mol. The Morgan fingerprint density at radius 2 is 2.00 bits per heavy atom. The number of hydrogen-bond donors (Lipinski definition) is 2. The number of nitrogens with two attached hydrogens (primary N) is 1. The molecule has 3 N–H and O–H groups in total. The lowest BCUT2D eigenvalue weighted by atomic mass is 9.85. The Morgan fingerprint density at radius 1 is 1.29 bits per heavy atom. The number of aryl methyl sites for hydroxylation is 1. The Bertz CT molecular complexity index is 1180. The molecular formula is C23H23F5N4O3. The van der Waals surface area contributed by atoms with E-state index in [0.717, 1.165) is 25.0 Å². The van der Waals surface area contributed by atoms with Crippen LogP contribution in [0.5, 0.6) is 5.75 Å². The van der Waals surface area contributed by atoms with Crippen LogP contribution in [0.3, 0.4) is 0 Å². The molecule has 1 aliphatic heterocycles. The number of amidine groups is 1. The van der Waals surface area contributed by atoms with Crippen molar-refractivity contribution in [2.75, 3.05) is 11.9 Å². The average Bonchev–Trinajstić information content (AvgIpc) is 3.58. The Kier molecular flexibility index (Phi) is 6.32. The molecule has 2 heterocycles. The summed E-state index contributed by atoms with van der Waals surface area (Å²) in [6.07, 6.45) is -4.39. The van der Waals surface area contributed by atoms with Crippen LogP contribution in [-0.4, -0.2) is 35.8 Å². The Labute approximate surface area is 197 Å². The van der Waals surface area contributed by atoms with Gasteiger partial charge in [-0.15, -0.1) is 0 Å². The van der Waals surface area contributed by atoms with Crippen LogP contribution in [0.4, 0.5) is 27.6 Å². The third kappa shape index (κ3) is 5.46. The van der Waals surface area contributed by atoms with E-state index < -0.39 is 53.4 Å². The molecule has 2 aliphatic rings. The van der Waals surface area contributed by atoms with Crippen LogP contribution in [0, 0.1) is 24.5 Å². The van der Waals surface area contributed by atoms with E-state index in [2.05, 4.69) is 20.0 Å². The highest BCUT2D eigenvalue weighted by atomic mass is 19.4. The maximum absolute atomic E-state index is 14.7. The fourth-order valence-electron chi connectivity index (χ4n) is 3.82. The second kappa shape index (κ2) is 8.97. The number of rotatable bonds is 6. The van der Waals surface area contributed by atoms with Gasteiger partial charge in [0.05, 0.1) is 18.3 Å². The maximum Gasteiger partial charge on any atom is 0.425 e. The number of pyridine rings is 1. The molecule has 0 spiro atoms. The molecule has 2 aromatic rings. The predicted molar refractivity (Wildman–Crippen MR) is 116 cm³/mol. The van der Waals surface area contributed by atoms with Crippen LogP contribution in [-0.2, 0) is 10.3 Å². The number of aromatic nitrogens is 1. The number of hydrogen-bond acceptors (Lipinski definition) is 6. The van der Waals surface area contributed by atoms with Gasteiger partial charge in [-0.05, 0) is 50.3 Å². The lowest BCUT2D eigenvalue weighted by molar-refractivity contribution is -0.208. The van der Waals surface area contributed by atoms with Gasteiger partial charge < -0.3 is 20.5 Å². The highest BCUT2D eigenvalue weighted by Gasteiger charge is 2.50. The number of halogens is 5. The number of nitrogens with zero attached hydrogens (tertiary/aromatic N) is 2. The molecular weight excluding hydrogens is 475 g/mol. The fraction of sp³-hybridized carbons (Fsp3) is 0.435. The topological polar surface area (TPSA) is 98.8 Å². The summed E-state index contributed by atoms with van der Waals surface area (Å²) in [7, 11) is 0. The van der Waals surface area contributed by atoms with Gasteiger partial charge >= 0.3 is 6.18 Å². The molecule has 0 bridgehead atoms. The van der Waals surface area contributed by atoms with E-state index in [0.29, 0.717) is 23.8 Å². The average molecular weight is 498 g/mol. The number of ether oxygens (including phenoxy) is 2. The first-order valence-corrected chi connectivity index (χ1v) is 10.8. The smallest absolute Gasteiger partial charge is 0.425 e. The fourth-order valence-corrected chi connectivity index (χ4v) is 3.82. The van der Waals surface area contributed by atoms with Gasteiger partial charge in [-0.1, -0.05) is 0 Å². The number of carbonyl (C=O) groups excluding carboxylic acids is 1. The van der Waals surface area contributed by atoms with Crippen LogP contribution in [0.1, 0.15) is 47.8 Å². The van der Waals surface area contributed by atoms with E-state index in [-0.39, 0.29) is 11.4 Å². The molecule has 0 saturated heterocycles. The summed E-state index contributed by atoms with van der Waals surface area (Å²) in [4.78, 5) is 20.7.